The van der Waals surface area contributed by atoms with E-state index in [1.54, 1.807) is 0 Å². The molecule has 0 spiro atoms. The summed E-state index contributed by atoms with van der Waals surface area (Å²) in [6, 6.07) is 8.64. The van der Waals surface area contributed by atoms with Crippen molar-refractivity contribution >= 4 is 17.5 Å². The maximum Gasteiger partial charge on any atom is 0.416 e. The minimum Gasteiger partial charge on any atom is -0.493 e. The number of methoxy groups -OCH3 is 1. The lowest BCUT2D eigenvalue weighted by Gasteiger charge is -2.22. The van der Waals surface area contributed by atoms with Gasteiger partial charge in [-0.1, -0.05) is 12.1 Å². The molecule has 1 atom stereocenters. The molecule has 1 fully saturated rings. The van der Waals surface area contributed by atoms with Crippen molar-refractivity contribution in [3.05, 3.63) is 53.6 Å². The molecule has 2 amide bonds. The fourth-order valence-electron chi connectivity index (χ4n) is 3.64. The first-order chi connectivity index (χ1) is 15.5. The largest absolute Gasteiger partial charge is 0.493 e. The van der Waals surface area contributed by atoms with Crippen LogP contribution >= 0.6 is 0 Å². The second-order valence-corrected chi connectivity index (χ2v) is 7.51. The highest BCUT2D eigenvalue weighted by Crippen LogP contribution is 2.34. The van der Waals surface area contributed by atoms with Crippen molar-refractivity contribution in [3.63, 3.8) is 0 Å². The molecule has 33 heavy (non-hydrogen) atoms. The van der Waals surface area contributed by atoms with Gasteiger partial charge < -0.3 is 19.3 Å². The van der Waals surface area contributed by atoms with E-state index in [1.165, 1.54) is 54.3 Å². The van der Waals surface area contributed by atoms with E-state index in [4.69, 9.17) is 4.74 Å². The summed E-state index contributed by atoms with van der Waals surface area (Å²) in [4.78, 5) is 27.8. The van der Waals surface area contributed by atoms with Crippen LogP contribution in [0, 0.1) is 5.92 Å². The molecule has 0 aliphatic carbocycles. The fourth-order valence-corrected chi connectivity index (χ4v) is 3.64. The third-order valence-corrected chi connectivity index (χ3v) is 5.20. The molecule has 3 rings (SSSR count). The van der Waals surface area contributed by atoms with Crippen LogP contribution in [0.5, 0.6) is 11.5 Å². The summed E-state index contributed by atoms with van der Waals surface area (Å²) in [5, 5.41) is 0. The average Bonchev–Trinajstić information content (AvgIpc) is 3.14. The predicted octanol–water partition coefficient (Wildman–Crippen LogP) is 4.33. The molecule has 1 aliphatic rings. The SMILES string of the molecule is COc1cc(CN(C)C(=O)C2CC(=O)N(c3cccc(C(F)(F)F)c3)C2)ccc1OC(F)F. The number of rotatable bonds is 7. The normalized spacial score (nSPS) is 16.3. The molecule has 6 nitrogen and oxygen atoms in total. The van der Waals surface area contributed by atoms with Gasteiger partial charge in [-0.25, -0.2) is 0 Å². The Morgan fingerprint density at radius 1 is 1.18 bits per heavy atom. The van der Waals surface area contributed by atoms with Gasteiger partial charge in [-0.05, 0) is 35.9 Å². The second-order valence-electron chi connectivity index (χ2n) is 7.51. The van der Waals surface area contributed by atoms with Crippen LogP contribution in [-0.2, 0) is 22.3 Å². The third-order valence-electron chi connectivity index (χ3n) is 5.20. The topological polar surface area (TPSA) is 59.1 Å². The molecule has 11 heteroatoms. The Morgan fingerprint density at radius 2 is 1.91 bits per heavy atom. The number of amides is 2. The molecule has 0 saturated carbocycles. The molecule has 178 valence electrons. The highest BCUT2D eigenvalue weighted by molar-refractivity contribution is 6.00. The first kappa shape index (κ1) is 24.3. The summed E-state index contributed by atoms with van der Waals surface area (Å²) < 4.78 is 73.3. The number of benzene rings is 2. The third kappa shape index (κ3) is 5.71. The molecule has 1 aliphatic heterocycles. The highest BCUT2D eigenvalue weighted by Gasteiger charge is 2.38. The number of carbonyl (C=O) groups is 2. The van der Waals surface area contributed by atoms with Crippen LogP contribution in [0.2, 0.25) is 0 Å². The summed E-state index contributed by atoms with van der Waals surface area (Å²) in [5.41, 5.74) is -0.233. The summed E-state index contributed by atoms with van der Waals surface area (Å²) in [7, 11) is 2.80. The van der Waals surface area contributed by atoms with Crippen molar-refractivity contribution in [1.82, 2.24) is 4.90 Å². The lowest BCUT2D eigenvalue weighted by atomic mass is 10.1. The zero-order valence-electron chi connectivity index (χ0n) is 17.7. The Morgan fingerprint density at radius 3 is 2.55 bits per heavy atom. The number of ether oxygens (including phenoxy) is 2. The number of hydrogen-bond donors (Lipinski definition) is 0. The average molecular weight is 472 g/mol. The summed E-state index contributed by atoms with van der Waals surface area (Å²) in [6.45, 7) is -2.97. The molecule has 1 heterocycles. The van der Waals surface area contributed by atoms with E-state index in [0.717, 1.165) is 12.1 Å². The van der Waals surface area contributed by atoms with Gasteiger partial charge in [0.1, 0.15) is 0 Å². The molecule has 2 aromatic carbocycles. The molecule has 0 radical (unpaired) electrons. The van der Waals surface area contributed by atoms with Crippen molar-refractivity contribution in [2.45, 2.75) is 25.8 Å². The zero-order chi connectivity index (χ0) is 24.3. The summed E-state index contributed by atoms with van der Waals surface area (Å²) in [5.74, 6) is -1.63. The first-order valence-corrected chi connectivity index (χ1v) is 9.84. The smallest absolute Gasteiger partial charge is 0.416 e. The van der Waals surface area contributed by atoms with Crippen molar-refractivity contribution in [2.24, 2.45) is 5.92 Å². The molecule has 2 aromatic rings. The Balaban J connectivity index is 1.69. The molecule has 0 bridgehead atoms. The van der Waals surface area contributed by atoms with Crippen molar-refractivity contribution < 1.29 is 41.0 Å². The number of carbonyl (C=O) groups excluding carboxylic acids is 2. The van der Waals surface area contributed by atoms with E-state index in [0.29, 0.717) is 5.56 Å². The van der Waals surface area contributed by atoms with Crippen molar-refractivity contribution in [3.8, 4) is 11.5 Å². The van der Waals surface area contributed by atoms with E-state index in [1.807, 2.05) is 0 Å². The number of halogens is 5. The minimum atomic E-state index is -4.55. The van der Waals surface area contributed by atoms with Crippen molar-refractivity contribution in [2.75, 3.05) is 25.6 Å². The van der Waals surface area contributed by atoms with Gasteiger partial charge in [-0.2, -0.15) is 22.0 Å². The van der Waals surface area contributed by atoms with Gasteiger partial charge in [-0.3, -0.25) is 9.59 Å². The van der Waals surface area contributed by atoms with E-state index >= 15 is 0 Å². The van der Waals surface area contributed by atoms with E-state index < -0.39 is 30.2 Å². The molecule has 1 saturated heterocycles. The van der Waals surface area contributed by atoms with Crippen LogP contribution in [0.3, 0.4) is 0 Å². The van der Waals surface area contributed by atoms with Crippen LogP contribution in [0.4, 0.5) is 27.6 Å². The van der Waals surface area contributed by atoms with Gasteiger partial charge in [0.15, 0.2) is 11.5 Å². The molecule has 0 N–H and O–H groups in total. The lowest BCUT2D eigenvalue weighted by Crippen LogP contribution is -2.34. The van der Waals surface area contributed by atoms with E-state index in [9.17, 15) is 31.5 Å². The number of alkyl halides is 5. The van der Waals surface area contributed by atoms with Crippen LogP contribution in [0.15, 0.2) is 42.5 Å². The summed E-state index contributed by atoms with van der Waals surface area (Å²) in [6.07, 6.45) is -4.69. The predicted molar refractivity (Wildman–Crippen MR) is 108 cm³/mol. The Hall–Kier alpha value is -3.37. The zero-order valence-corrected chi connectivity index (χ0v) is 17.7. The van der Waals surface area contributed by atoms with Gasteiger partial charge in [0.25, 0.3) is 0 Å². The Labute approximate surface area is 186 Å². The van der Waals surface area contributed by atoms with Gasteiger partial charge in [0, 0.05) is 32.2 Å². The number of hydrogen-bond acceptors (Lipinski definition) is 4. The Bertz CT molecular complexity index is 1030. The quantitative estimate of drug-likeness (QED) is 0.563. The van der Waals surface area contributed by atoms with Crippen LogP contribution < -0.4 is 14.4 Å². The lowest BCUT2D eigenvalue weighted by molar-refractivity contribution is -0.137. The van der Waals surface area contributed by atoms with E-state index in [-0.39, 0.29) is 42.6 Å². The van der Waals surface area contributed by atoms with Crippen LogP contribution in [0.1, 0.15) is 17.5 Å². The highest BCUT2D eigenvalue weighted by atomic mass is 19.4. The van der Waals surface area contributed by atoms with Gasteiger partial charge in [0.2, 0.25) is 11.8 Å². The molecule has 1 unspecified atom stereocenters. The Kier molecular flexibility index (Phi) is 7.09. The molecule has 0 aromatic heterocycles. The second kappa shape index (κ2) is 9.63. The molecular weight excluding hydrogens is 451 g/mol. The summed E-state index contributed by atoms with van der Waals surface area (Å²) >= 11 is 0. The van der Waals surface area contributed by atoms with Gasteiger partial charge in [-0.15, -0.1) is 0 Å². The van der Waals surface area contributed by atoms with Crippen LogP contribution in [0.25, 0.3) is 0 Å². The minimum absolute atomic E-state index is 0.0478. The van der Waals surface area contributed by atoms with Crippen molar-refractivity contribution in [1.29, 1.82) is 0 Å². The monoisotopic (exact) mass is 472 g/mol. The maximum absolute atomic E-state index is 13.0. The van der Waals surface area contributed by atoms with Crippen LogP contribution in [-0.4, -0.2) is 44.0 Å². The first-order valence-electron chi connectivity index (χ1n) is 9.84. The van der Waals surface area contributed by atoms with Gasteiger partial charge in [0.05, 0.1) is 18.6 Å². The number of nitrogens with zero attached hydrogens (tertiary/aromatic N) is 2. The van der Waals surface area contributed by atoms with E-state index in [2.05, 4.69) is 4.74 Å². The fraction of sp³-hybridized carbons (Fsp3) is 0.364. The standard InChI is InChI=1S/C22H21F5N2O4/c1-28(11-13-6-7-17(33-21(23)24)18(8-13)32-2)20(31)14-9-19(30)29(12-14)16-5-3-4-15(10-16)22(25,26)27/h3-8,10,14,21H,9,11-12H2,1-2H3. The molecular formula is C22H21F5N2O4. The van der Waals surface area contributed by atoms with Gasteiger partial charge >= 0.3 is 12.8 Å². The number of anilines is 1. The maximum atomic E-state index is 13.0.